The highest BCUT2D eigenvalue weighted by atomic mass is 79.9. The number of hydrogen-bond donors (Lipinski definition) is 1. The van der Waals surface area contributed by atoms with Gasteiger partial charge in [-0.15, -0.1) is 0 Å². The highest BCUT2D eigenvalue weighted by molar-refractivity contribution is 9.10. The Hall–Kier alpha value is -0.380. The molecule has 1 aromatic rings. The normalized spacial score (nSPS) is 17.8. The van der Waals surface area contributed by atoms with Crippen molar-refractivity contribution in [3.8, 4) is 0 Å². The van der Waals surface area contributed by atoms with Crippen LogP contribution in [0.1, 0.15) is 24.0 Å². The topological polar surface area (TPSA) is 35.2 Å². The van der Waals surface area contributed by atoms with E-state index in [0.29, 0.717) is 6.61 Å². The van der Waals surface area contributed by atoms with Crippen LogP contribution in [0.15, 0.2) is 22.7 Å². The quantitative estimate of drug-likeness (QED) is 0.912. The second-order valence-corrected chi connectivity index (χ2v) is 5.30. The first-order valence-corrected chi connectivity index (χ1v) is 5.97. The maximum Gasteiger partial charge on any atom is 0.0716 e. The number of nitrogens with two attached hydrogens (primary N) is 1. The predicted molar refractivity (Wildman–Crippen MR) is 64.7 cm³/mol. The van der Waals surface area contributed by atoms with E-state index in [9.17, 15) is 0 Å². The van der Waals surface area contributed by atoms with E-state index in [2.05, 4.69) is 34.1 Å². The van der Waals surface area contributed by atoms with Crippen molar-refractivity contribution in [1.29, 1.82) is 0 Å². The summed E-state index contributed by atoms with van der Waals surface area (Å²) in [6.07, 6.45) is 3.27. The molecule has 1 fully saturated rings. The number of ether oxygens (including phenoxy) is 1. The fourth-order valence-corrected chi connectivity index (χ4v) is 2.18. The lowest BCUT2D eigenvalue weighted by atomic mass is 10.00. The molecule has 0 radical (unpaired) electrons. The van der Waals surface area contributed by atoms with E-state index in [-0.39, 0.29) is 5.54 Å². The highest BCUT2D eigenvalue weighted by Gasteiger charge is 2.38. The van der Waals surface area contributed by atoms with Gasteiger partial charge in [-0.3, -0.25) is 0 Å². The van der Waals surface area contributed by atoms with Gasteiger partial charge in [0, 0.05) is 17.1 Å². The molecule has 3 heteroatoms. The summed E-state index contributed by atoms with van der Waals surface area (Å²) in [5, 5.41) is 0. The Morgan fingerprint density at radius 3 is 2.73 bits per heavy atom. The third-order valence-electron chi connectivity index (χ3n) is 2.90. The molecule has 0 bridgehead atoms. The van der Waals surface area contributed by atoms with E-state index in [1.807, 2.05) is 0 Å². The van der Waals surface area contributed by atoms with Crippen LogP contribution in [-0.4, -0.2) is 12.6 Å². The number of hydrogen-bond acceptors (Lipinski definition) is 2. The third-order valence-corrected chi connectivity index (χ3v) is 3.40. The van der Waals surface area contributed by atoms with Crippen molar-refractivity contribution in [2.75, 3.05) is 7.11 Å². The summed E-state index contributed by atoms with van der Waals surface area (Å²) < 4.78 is 6.29. The Labute approximate surface area is 98.9 Å². The Morgan fingerprint density at radius 1 is 1.40 bits per heavy atom. The van der Waals surface area contributed by atoms with Crippen LogP contribution >= 0.6 is 15.9 Å². The van der Waals surface area contributed by atoms with Crippen LogP contribution in [0, 0.1) is 0 Å². The van der Waals surface area contributed by atoms with Gasteiger partial charge in [-0.2, -0.15) is 0 Å². The smallest absolute Gasteiger partial charge is 0.0716 e. The summed E-state index contributed by atoms with van der Waals surface area (Å²) >= 11 is 3.47. The molecule has 0 amide bonds. The maximum atomic E-state index is 6.13. The number of benzene rings is 1. The van der Waals surface area contributed by atoms with Crippen LogP contribution in [0.2, 0.25) is 0 Å². The summed E-state index contributed by atoms with van der Waals surface area (Å²) in [4.78, 5) is 0. The zero-order chi connectivity index (χ0) is 10.9. The molecule has 0 saturated heterocycles. The Kier molecular flexibility index (Phi) is 3.14. The average Bonchev–Trinajstić information content (AvgIpc) is 2.89. The summed E-state index contributed by atoms with van der Waals surface area (Å²) in [7, 11) is 1.72. The summed E-state index contributed by atoms with van der Waals surface area (Å²) in [6, 6.07) is 6.33. The van der Waals surface area contributed by atoms with Gasteiger partial charge in [0.1, 0.15) is 0 Å². The van der Waals surface area contributed by atoms with E-state index in [1.54, 1.807) is 7.11 Å². The first kappa shape index (κ1) is 11.1. The van der Waals surface area contributed by atoms with Gasteiger partial charge in [0.2, 0.25) is 0 Å². The molecule has 0 spiro atoms. The molecule has 0 aliphatic heterocycles. The van der Waals surface area contributed by atoms with Gasteiger partial charge in [-0.1, -0.05) is 22.0 Å². The fourth-order valence-electron chi connectivity index (χ4n) is 1.77. The molecular weight excluding hydrogens is 254 g/mol. The van der Waals surface area contributed by atoms with Crippen LogP contribution in [-0.2, 0) is 17.8 Å². The average molecular weight is 270 g/mol. The van der Waals surface area contributed by atoms with E-state index in [4.69, 9.17) is 10.5 Å². The molecule has 2 nitrogen and oxygen atoms in total. The molecule has 1 aliphatic carbocycles. The molecule has 82 valence electrons. The van der Waals surface area contributed by atoms with Crippen molar-refractivity contribution in [3.63, 3.8) is 0 Å². The Morgan fingerprint density at radius 2 is 2.13 bits per heavy atom. The maximum absolute atomic E-state index is 6.13. The van der Waals surface area contributed by atoms with Gasteiger partial charge in [0.25, 0.3) is 0 Å². The molecule has 1 aromatic carbocycles. The van der Waals surface area contributed by atoms with Crippen LogP contribution in [0.5, 0.6) is 0 Å². The molecule has 1 aliphatic rings. The molecule has 15 heavy (non-hydrogen) atoms. The van der Waals surface area contributed by atoms with Crippen molar-refractivity contribution < 1.29 is 4.74 Å². The second-order valence-electron chi connectivity index (χ2n) is 4.39. The summed E-state index contributed by atoms with van der Waals surface area (Å²) in [6.45, 7) is 0.658. The monoisotopic (exact) mass is 269 g/mol. The van der Waals surface area contributed by atoms with Gasteiger partial charge in [-0.25, -0.2) is 0 Å². The zero-order valence-corrected chi connectivity index (χ0v) is 10.5. The molecular formula is C12H16BrNO. The predicted octanol–water partition coefficient (Wildman–Crippen LogP) is 2.63. The molecule has 0 aromatic heterocycles. The Balaban J connectivity index is 2.20. The van der Waals surface area contributed by atoms with Gasteiger partial charge < -0.3 is 10.5 Å². The van der Waals surface area contributed by atoms with Crippen molar-refractivity contribution in [3.05, 3.63) is 33.8 Å². The van der Waals surface area contributed by atoms with E-state index in [0.717, 1.165) is 23.7 Å². The number of halogens is 1. The first-order valence-electron chi connectivity index (χ1n) is 5.18. The molecule has 0 heterocycles. The van der Waals surface area contributed by atoms with Gasteiger partial charge in [0.05, 0.1) is 6.61 Å². The van der Waals surface area contributed by atoms with Crippen LogP contribution in [0.3, 0.4) is 0 Å². The van der Waals surface area contributed by atoms with Crippen LogP contribution < -0.4 is 5.73 Å². The van der Waals surface area contributed by atoms with E-state index >= 15 is 0 Å². The molecule has 0 atom stereocenters. The fraction of sp³-hybridized carbons (Fsp3) is 0.500. The highest BCUT2D eigenvalue weighted by Crippen LogP contribution is 2.36. The SMILES string of the molecule is COCc1cc(Br)ccc1CC1(N)CC1. The van der Waals surface area contributed by atoms with Crippen LogP contribution in [0.4, 0.5) is 0 Å². The zero-order valence-electron chi connectivity index (χ0n) is 8.92. The lowest BCUT2D eigenvalue weighted by molar-refractivity contribution is 0.184. The second kappa shape index (κ2) is 4.24. The number of rotatable bonds is 4. The van der Waals surface area contributed by atoms with Crippen molar-refractivity contribution in [2.24, 2.45) is 5.73 Å². The minimum atomic E-state index is 0.0658. The van der Waals surface area contributed by atoms with Crippen molar-refractivity contribution in [2.45, 2.75) is 31.4 Å². The minimum absolute atomic E-state index is 0.0658. The van der Waals surface area contributed by atoms with Gasteiger partial charge >= 0.3 is 0 Å². The molecule has 2 rings (SSSR count). The van der Waals surface area contributed by atoms with Crippen LogP contribution in [0.25, 0.3) is 0 Å². The standard InChI is InChI=1S/C12H16BrNO/c1-15-8-10-6-11(13)3-2-9(10)7-12(14)4-5-12/h2-3,6H,4-5,7-8,14H2,1H3. The first-order chi connectivity index (χ1) is 7.13. The van der Waals surface area contributed by atoms with E-state index in [1.165, 1.54) is 11.1 Å². The summed E-state index contributed by atoms with van der Waals surface area (Å²) in [5.41, 5.74) is 8.75. The van der Waals surface area contributed by atoms with Gasteiger partial charge in [0.15, 0.2) is 0 Å². The summed E-state index contributed by atoms with van der Waals surface area (Å²) in [5.74, 6) is 0. The third kappa shape index (κ3) is 2.80. The lowest BCUT2D eigenvalue weighted by Crippen LogP contribution is -2.25. The minimum Gasteiger partial charge on any atom is -0.380 e. The van der Waals surface area contributed by atoms with Crippen molar-refractivity contribution >= 4 is 15.9 Å². The molecule has 0 unspecified atom stereocenters. The van der Waals surface area contributed by atoms with E-state index < -0.39 is 0 Å². The molecule has 2 N–H and O–H groups in total. The van der Waals surface area contributed by atoms with Crippen molar-refractivity contribution in [1.82, 2.24) is 0 Å². The van der Waals surface area contributed by atoms with Gasteiger partial charge in [-0.05, 0) is 42.5 Å². The number of methoxy groups -OCH3 is 1. The Bertz CT molecular complexity index is 361. The largest absolute Gasteiger partial charge is 0.380 e. The molecule has 1 saturated carbocycles. The lowest BCUT2D eigenvalue weighted by Gasteiger charge is -2.13.